The van der Waals surface area contributed by atoms with Crippen molar-refractivity contribution in [3.8, 4) is 0 Å². The highest BCUT2D eigenvalue weighted by atomic mass is 32.2. The molecule has 236 valence electrons. The Kier molecular flexibility index (Phi) is 23.7. The minimum Gasteiger partial charge on any atom is -0.453 e. The first-order chi connectivity index (χ1) is 20.0. The molecule has 0 aliphatic heterocycles. The first-order valence-electron chi connectivity index (χ1n) is 16.2. The molecule has 0 saturated heterocycles. The number of hydrogen-bond acceptors (Lipinski definition) is 7. The number of aliphatic hydroxyl groups is 1. The fourth-order valence-electron chi connectivity index (χ4n) is 4.66. The topological polar surface area (TPSA) is 82.1 Å². The molecule has 0 bridgehead atoms. The van der Waals surface area contributed by atoms with E-state index in [4.69, 9.17) is 14.2 Å². The van der Waals surface area contributed by atoms with Gasteiger partial charge in [-0.25, -0.2) is 4.79 Å². The number of hydrogen-bond donors (Lipinski definition) is 1. The Labute approximate surface area is 256 Å². The Morgan fingerprint density at radius 3 is 2.05 bits per heavy atom. The summed E-state index contributed by atoms with van der Waals surface area (Å²) < 4.78 is 28.2. The van der Waals surface area contributed by atoms with Gasteiger partial charge in [-0.15, -0.1) is 0 Å². The Bertz CT molecular complexity index is 767. The van der Waals surface area contributed by atoms with Crippen molar-refractivity contribution >= 4 is 26.2 Å². The molecule has 0 aromatic heterocycles. The molecule has 1 N–H and O–H groups in total. The van der Waals surface area contributed by atoms with Gasteiger partial charge in [0.15, 0.2) is 0 Å². The first kappa shape index (κ1) is 38.0. The maximum absolute atomic E-state index is 12.3. The van der Waals surface area contributed by atoms with Gasteiger partial charge < -0.3 is 19.3 Å². The van der Waals surface area contributed by atoms with Crippen LogP contribution in [0.15, 0.2) is 30.3 Å². The van der Waals surface area contributed by atoms with Crippen LogP contribution < -0.4 is 0 Å². The third-order valence-corrected chi connectivity index (χ3v) is 9.50. The van der Waals surface area contributed by atoms with Crippen LogP contribution in [0.5, 0.6) is 0 Å². The van der Waals surface area contributed by atoms with Crippen LogP contribution in [0.3, 0.4) is 0 Å². The Morgan fingerprint density at radius 2 is 1.44 bits per heavy atom. The fraction of sp³-hybridized carbons (Fsp3) is 0.788. The van der Waals surface area contributed by atoms with Crippen molar-refractivity contribution in [2.45, 2.75) is 147 Å². The molecule has 0 aliphatic carbocycles. The van der Waals surface area contributed by atoms with Crippen molar-refractivity contribution < 1.29 is 28.7 Å². The summed E-state index contributed by atoms with van der Waals surface area (Å²) in [5.41, 5.74) is -1.68. The maximum Gasteiger partial charge on any atom is 0.470 e. The van der Waals surface area contributed by atoms with Crippen molar-refractivity contribution in [2.24, 2.45) is 0 Å². The number of carbonyl (C=O) groups excluding carboxylic acids is 1. The average molecular weight is 614 g/mol. The number of carbonyl (C=O) groups is 1. The molecule has 6 nitrogen and oxygen atoms in total. The van der Waals surface area contributed by atoms with Crippen molar-refractivity contribution in [1.29, 1.82) is 0 Å². The van der Waals surface area contributed by atoms with E-state index in [1.54, 1.807) is 12.1 Å². The van der Waals surface area contributed by atoms with Crippen LogP contribution in [0.2, 0.25) is 0 Å². The number of ether oxygens (including phenoxy) is 3. The summed E-state index contributed by atoms with van der Waals surface area (Å²) in [7, 11) is -1.38. The summed E-state index contributed by atoms with van der Waals surface area (Å²) in [6, 6.07) is 9.13. The SMILES string of the molecule is CCCCCCCCCCCSC(CCCCCCC)C(C)OCCCOC(O)([PH+]=O)C(=O)OCc1ccccc1. The van der Waals surface area contributed by atoms with Crippen molar-refractivity contribution in [1.82, 2.24) is 0 Å². The predicted molar refractivity (Wildman–Crippen MR) is 173 cm³/mol. The Hall–Kier alpha value is -0.980. The minimum absolute atomic E-state index is 0.0208. The summed E-state index contributed by atoms with van der Waals surface area (Å²) in [6.45, 7) is 7.14. The van der Waals surface area contributed by atoms with Crippen LogP contribution >= 0.6 is 20.2 Å². The molecule has 4 atom stereocenters. The maximum atomic E-state index is 12.3. The lowest BCUT2D eigenvalue weighted by molar-refractivity contribution is -0.197. The Morgan fingerprint density at radius 1 is 0.854 bits per heavy atom. The third-order valence-electron chi connectivity index (χ3n) is 7.30. The van der Waals surface area contributed by atoms with Gasteiger partial charge in [-0.3, -0.25) is 0 Å². The summed E-state index contributed by atoms with van der Waals surface area (Å²) in [5.74, 6) is 0.134. The molecule has 8 heteroatoms. The van der Waals surface area contributed by atoms with Crippen molar-refractivity contribution in [3.63, 3.8) is 0 Å². The summed E-state index contributed by atoms with van der Waals surface area (Å²) in [6.07, 6.45) is 20.2. The second-order valence-electron chi connectivity index (χ2n) is 11.0. The smallest absolute Gasteiger partial charge is 0.453 e. The molecular weight excluding hydrogens is 555 g/mol. The molecule has 0 radical (unpaired) electrons. The van der Waals surface area contributed by atoms with E-state index in [0.717, 1.165) is 12.0 Å². The Balaban J connectivity index is 2.35. The van der Waals surface area contributed by atoms with Crippen LogP contribution in [-0.2, 0) is 30.2 Å². The highest BCUT2D eigenvalue weighted by Gasteiger charge is 2.49. The zero-order chi connectivity index (χ0) is 30.0. The van der Waals surface area contributed by atoms with E-state index in [0.29, 0.717) is 18.3 Å². The predicted octanol–water partition coefficient (Wildman–Crippen LogP) is 9.20. The minimum atomic E-state index is -2.45. The summed E-state index contributed by atoms with van der Waals surface area (Å²) >= 11 is 2.05. The molecule has 4 unspecified atom stereocenters. The first-order valence-corrected chi connectivity index (χ1v) is 18.1. The number of esters is 1. The molecule has 0 aliphatic rings. The number of thioether (sulfide) groups is 1. The number of rotatable bonds is 28. The van der Waals surface area contributed by atoms with Crippen LogP contribution in [0.25, 0.3) is 0 Å². The highest BCUT2D eigenvalue weighted by Crippen LogP contribution is 2.26. The normalized spacial score (nSPS) is 14.5. The van der Waals surface area contributed by atoms with Gasteiger partial charge in [0, 0.05) is 11.9 Å². The van der Waals surface area contributed by atoms with E-state index in [2.05, 4.69) is 20.8 Å². The van der Waals surface area contributed by atoms with Crippen LogP contribution in [-0.4, -0.2) is 46.9 Å². The quantitative estimate of drug-likeness (QED) is 0.0437. The lowest BCUT2D eigenvalue weighted by Crippen LogP contribution is -2.37. The van der Waals surface area contributed by atoms with Crippen molar-refractivity contribution in [3.05, 3.63) is 35.9 Å². The van der Waals surface area contributed by atoms with Crippen molar-refractivity contribution in [2.75, 3.05) is 19.0 Å². The monoisotopic (exact) mass is 613 g/mol. The van der Waals surface area contributed by atoms with E-state index in [1.165, 1.54) is 95.6 Å². The van der Waals surface area contributed by atoms with E-state index >= 15 is 0 Å². The second-order valence-corrected chi connectivity index (χ2v) is 13.3. The standard InChI is InChI=1S/C33H57O6PS/c1-4-6-8-10-11-12-13-15-20-27-41-31(24-19-14-9-7-5-2)29(3)37-25-21-26-39-33(35,40-36)32(34)38-28-30-22-17-16-18-23-30/h16-18,22-23,29,31,35H,4-15,19-21,24-28H2,1-3H3/p+1. The van der Waals surface area contributed by atoms with E-state index < -0.39 is 20.0 Å². The lowest BCUT2D eigenvalue weighted by Gasteiger charge is -2.24. The molecule has 0 fully saturated rings. The molecule has 1 aromatic rings. The summed E-state index contributed by atoms with van der Waals surface area (Å²) in [4.78, 5) is 12.3. The second kappa shape index (κ2) is 25.5. The summed E-state index contributed by atoms with van der Waals surface area (Å²) in [5, 5.41) is 10.9. The van der Waals surface area contributed by atoms with Gasteiger partial charge in [-0.05, 0) is 37.5 Å². The van der Waals surface area contributed by atoms with E-state index in [-0.39, 0.29) is 19.3 Å². The fourth-order valence-corrected chi connectivity index (χ4v) is 6.33. The average Bonchev–Trinajstić information content (AvgIpc) is 2.99. The van der Waals surface area contributed by atoms with Gasteiger partial charge in [0.05, 0.1) is 12.7 Å². The molecule has 0 heterocycles. The molecule has 41 heavy (non-hydrogen) atoms. The van der Waals surface area contributed by atoms with Gasteiger partial charge in [-0.2, -0.15) is 11.8 Å². The third kappa shape index (κ3) is 19.0. The van der Waals surface area contributed by atoms with Gasteiger partial charge in [0.25, 0.3) is 0 Å². The largest absolute Gasteiger partial charge is 0.470 e. The lowest BCUT2D eigenvalue weighted by atomic mass is 10.1. The zero-order valence-corrected chi connectivity index (χ0v) is 27.9. The molecule has 0 saturated carbocycles. The van der Waals surface area contributed by atoms with Crippen LogP contribution in [0, 0.1) is 0 Å². The molecule has 1 rings (SSSR count). The van der Waals surface area contributed by atoms with Gasteiger partial charge in [0.1, 0.15) is 6.61 Å². The number of benzene rings is 1. The highest BCUT2D eigenvalue weighted by molar-refractivity contribution is 7.99. The van der Waals surface area contributed by atoms with E-state index in [9.17, 15) is 14.5 Å². The van der Waals surface area contributed by atoms with Gasteiger partial charge >= 0.3 is 20.0 Å². The molecule has 1 aromatic carbocycles. The zero-order valence-electron chi connectivity index (χ0n) is 26.1. The van der Waals surface area contributed by atoms with Crippen LogP contribution in [0.4, 0.5) is 0 Å². The van der Waals surface area contributed by atoms with Gasteiger partial charge in [0.2, 0.25) is 0 Å². The molecule has 0 amide bonds. The number of unbranched alkanes of at least 4 members (excludes halogenated alkanes) is 12. The molecular formula is C33H58O6PS+. The van der Waals surface area contributed by atoms with Crippen LogP contribution in [0.1, 0.15) is 129 Å². The van der Waals surface area contributed by atoms with Gasteiger partial charge in [-0.1, -0.05) is 132 Å². The van der Waals surface area contributed by atoms with E-state index in [1.807, 2.05) is 30.0 Å². The molecule has 0 spiro atoms.